The summed E-state index contributed by atoms with van der Waals surface area (Å²) in [6.07, 6.45) is 0. The van der Waals surface area contributed by atoms with Gasteiger partial charge in [-0.15, -0.1) is 28.3 Å². The summed E-state index contributed by atoms with van der Waals surface area (Å²) < 4.78 is 7.07. The summed E-state index contributed by atoms with van der Waals surface area (Å²) in [5.74, 6) is 1.01. The molecule has 2 unspecified atom stereocenters. The molecule has 112 valence electrons. The second kappa shape index (κ2) is 6.87. The lowest BCUT2D eigenvalue weighted by molar-refractivity contribution is 0.0987. The van der Waals surface area contributed by atoms with Gasteiger partial charge < -0.3 is 4.74 Å². The molecule has 0 aliphatic carbocycles. The molecule has 1 aromatic carbocycles. The smallest absolute Gasteiger partial charge is 0.188 e. The maximum atomic E-state index is 12.0. The van der Waals surface area contributed by atoms with Crippen molar-refractivity contribution >= 4 is 29.0 Å². The number of benzene rings is 1. The third-order valence-corrected chi connectivity index (χ3v) is 3.83. The molecule has 0 radical (unpaired) electrons. The number of nitrogens with zero attached hydrogens (tertiary/aromatic N) is 4. The molecule has 0 aliphatic rings. The number of aromatic nitrogens is 4. The van der Waals surface area contributed by atoms with E-state index in [4.69, 9.17) is 27.9 Å². The fourth-order valence-corrected chi connectivity index (χ4v) is 1.84. The maximum absolute atomic E-state index is 12.0. The number of rotatable bonds is 6. The van der Waals surface area contributed by atoms with Gasteiger partial charge in [0.2, 0.25) is 0 Å². The van der Waals surface area contributed by atoms with E-state index < -0.39 is 10.8 Å². The lowest BCUT2D eigenvalue weighted by Crippen LogP contribution is -2.22. The zero-order valence-electron chi connectivity index (χ0n) is 11.5. The average Bonchev–Trinajstić information content (AvgIpc) is 2.89. The monoisotopic (exact) mass is 328 g/mol. The average molecular weight is 329 g/mol. The zero-order chi connectivity index (χ0) is 15.4. The van der Waals surface area contributed by atoms with Crippen LogP contribution in [0, 0.1) is 0 Å². The van der Waals surface area contributed by atoms with Crippen molar-refractivity contribution in [2.45, 2.75) is 24.3 Å². The molecule has 2 rings (SSSR count). The quantitative estimate of drug-likeness (QED) is 0.600. The van der Waals surface area contributed by atoms with E-state index >= 15 is 0 Å². The van der Waals surface area contributed by atoms with Gasteiger partial charge in [-0.05, 0) is 41.6 Å². The van der Waals surface area contributed by atoms with Crippen LogP contribution in [0.3, 0.4) is 0 Å². The minimum atomic E-state index is -0.747. The van der Waals surface area contributed by atoms with Crippen molar-refractivity contribution in [1.82, 2.24) is 20.2 Å². The van der Waals surface area contributed by atoms with Crippen molar-refractivity contribution in [2.75, 3.05) is 0 Å². The Bertz CT molecular complexity index is 613. The first-order valence-electron chi connectivity index (χ1n) is 6.25. The first-order chi connectivity index (χ1) is 9.99. The van der Waals surface area contributed by atoms with Crippen LogP contribution < -0.4 is 4.74 Å². The van der Waals surface area contributed by atoms with Crippen LogP contribution in [0.2, 0.25) is 0 Å². The van der Waals surface area contributed by atoms with Crippen molar-refractivity contribution in [3.8, 4) is 5.75 Å². The molecule has 0 bridgehead atoms. The summed E-state index contributed by atoms with van der Waals surface area (Å²) in [5, 5.41) is 9.85. The lowest BCUT2D eigenvalue weighted by atomic mass is 10.1. The SMILES string of the molecule is CC(Cl)C(Cl)C(=O)c1ccc(OCc2nnnn2C)cc1. The van der Waals surface area contributed by atoms with E-state index in [1.54, 1.807) is 38.2 Å². The molecule has 2 aromatic rings. The van der Waals surface area contributed by atoms with Crippen LogP contribution in [-0.4, -0.2) is 36.7 Å². The van der Waals surface area contributed by atoms with Crippen LogP contribution in [0.25, 0.3) is 0 Å². The van der Waals surface area contributed by atoms with Gasteiger partial charge in [0.25, 0.3) is 0 Å². The minimum Gasteiger partial charge on any atom is -0.486 e. The summed E-state index contributed by atoms with van der Waals surface area (Å²) in [6.45, 7) is 1.93. The van der Waals surface area contributed by atoms with E-state index in [0.29, 0.717) is 17.1 Å². The van der Waals surface area contributed by atoms with Gasteiger partial charge in [0.15, 0.2) is 11.6 Å². The standard InChI is InChI=1S/C13H14Cl2N4O2/c1-8(14)12(15)13(20)9-3-5-10(6-4-9)21-7-11-16-17-18-19(11)2/h3-6,8,12H,7H2,1-2H3. The molecule has 0 saturated heterocycles. The Morgan fingerprint density at radius 1 is 1.33 bits per heavy atom. The molecule has 1 aromatic heterocycles. The highest BCUT2D eigenvalue weighted by Gasteiger charge is 2.22. The van der Waals surface area contributed by atoms with E-state index in [0.717, 1.165) is 0 Å². The van der Waals surface area contributed by atoms with E-state index in [2.05, 4.69) is 15.5 Å². The van der Waals surface area contributed by atoms with Crippen molar-refractivity contribution in [2.24, 2.45) is 7.05 Å². The van der Waals surface area contributed by atoms with E-state index in [1.807, 2.05) is 0 Å². The maximum Gasteiger partial charge on any atom is 0.188 e. The first-order valence-corrected chi connectivity index (χ1v) is 7.12. The molecular weight excluding hydrogens is 315 g/mol. The normalized spacial score (nSPS) is 13.7. The van der Waals surface area contributed by atoms with Gasteiger partial charge in [-0.25, -0.2) is 4.68 Å². The third-order valence-electron chi connectivity index (χ3n) is 2.87. The number of ether oxygens (including phenoxy) is 1. The molecule has 0 aliphatic heterocycles. The topological polar surface area (TPSA) is 69.9 Å². The zero-order valence-corrected chi connectivity index (χ0v) is 13.0. The molecular formula is C13H14Cl2N4O2. The molecule has 0 amide bonds. The fraction of sp³-hybridized carbons (Fsp3) is 0.385. The molecule has 1 heterocycles. The Morgan fingerprint density at radius 3 is 2.52 bits per heavy atom. The molecule has 0 fully saturated rings. The molecule has 2 atom stereocenters. The van der Waals surface area contributed by atoms with Gasteiger partial charge in [-0.2, -0.15) is 0 Å². The van der Waals surface area contributed by atoms with E-state index in [-0.39, 0.29) is 12.4 Å². The first kappa shape index (κ1) is 15.7. The number of hydrogen-bond acceptors (Lipinski definition) is 5. The number of hydrogen-bond donors (Lipinski definition) is 0. The van der Waals surface area contributed by atoms with Crippen molar-refractivity contribution < 1.29 is 9.53 Å². The Hall–Kier alpha value is -1.66. The Morgan fingerprint density at radius 2 is 2.00 bits per heavy atom. The van der Waals surface area contributed by atoms with Crippen molar-refractivity contribution in [3.05, 3.63) is 35.7 Å². The fourth-order valence-electron chi connectivity index (χ4n) is 1.60. The largest absolute Gasteiger partial charge is 0.486 e. The van der Waals surface area contributed by atoms with Gasteiger partial charge >= 0.3 is 0 Å². The van der Waals surface area contributed by atoms with Crippen molar-refractivity contribution in [3.63, 3.8) is 0 Å². The number of alkyl halides is 2. The van der Waals surface area contributed by atoms with Gasteiger partial charge in [-0.1, -0.05) is 0 Å². The molecule has 0 N–H and O–H groups in total. The molecule has 6 nitrogen and oxygen atoms in total. The second-order valence-electron chi connectivity index (χ2n) is 4.48. The van der Waals surface area contributed by atoms with Crippen LogP contribution >= 0.6 is 23.2 Å². The van der Waals surface area contributed by atoms with Crippen LogP contribution in [-0.2, 0) is 13.7 Å². The number of carbonyl (C=O) groups is 1. The third kappa shape index (κ3) is 3.92. The van der Waals surface area contributed by atoms with Gasteiger partial charge in [0, 0.05) is 12.6 Å². The number of tetrazole rings is 1. The summed E-state index contributed by atoms with van der Waals surface area (Å²) in [7, 11) is 1.73. The van der Waals surface area contributed by atoms with Crippen LogP contribution in [0.5, 0.6) is 5.75 Å². The molecule has 0 spiro atoms. The minimum absolute atomic E-state index is 0.205. The summed E-state index contributed by atoms with van der Waals surface area (Å²) in [4.78, 5) is 12.0. The molecule has 0 saturated carbocycles. The predicted molar refractivity (Wildman–Crippen MR) is 78.9 cm³/mol. The Kier molecular flexibility index (Phi) is 5.14. The lowest BCUT2D eigenvalue weighted by Gasteiger charge is -2.11. The van der Waals surface area contributed by atoms with Gasteiger partial charge in [0.05, 0.1) is 5.38 Å². The van der Waals surface area contributed by atoms with Gasteiger partial charge in [-0.3, -0.25) is 4.79 Å². The Balaban J connectivity index is 1.99. The number of Topliss-reactive ketones (excluding diaryl/α,β-unsaturated/α-hetero) is 1. The van der Waals surface area contributed by atoms with E-state index in [1.165, 1.54) is 4.68 Å². The summed E-state index contributed by atoms with van der Waals surface area (Å²) in [6, 6.07) is 6.70. The van der Waals surface area contributed by atoms with Crippen LogP contribution in [0.1, 0.15) is 23.1 Å². The summed E-state index contributed by atoms with van der Waals surface area (Å²) in [5.41, 5.74) is 0.496. The number of carbonyl (C=O) groups excluding carboxylic acids is 1. The Labute approximate surface area is 132 Å². The molecule has 21 heavy (non-hydrogen) atoms. The second-order valence-corrected chi connectivity index (χ2v) is 5.63. The van der Waals surface area contributed by atoms with Gasteiger partial charge in [0.1, 0.15) is 17.7 Å². The number of aryl methyl sites for hydroxylation is 1. The highest BCUT2D eigenvalue weighted by atomic mass is 35.5. The van der Waals surface area contributed by atoms with Crippen LogP contribution in [0.15, 0.2) is 24.3 Å². The summed E-state index contributed by atoms with van der Waals surface area (Å²) >= 11 is 11.8. The number of halogens is 2. The van der Waals surface area contributed by atoms with Crippen molar-refractivity contribution in [1.29, 1.82) is 0 Å². The molecule has 8 heteroatoms. The van der Waals surface area contributed by atoms with E-state index in [9.17, 15) is 4.79 Å². The number of ketones is 1. The van der Waals surface area contributed by atoms with Crippen LogP contribution in [0.4, 0.5) is 0 Å². The highest BCUT2D eigenvalue weighted by Crippen LogP contribution is 2.19. The predicted octanol–water partition coefficient (Wildman–Crippen LogP) is 2.21. The highest BCUT2D eigenvalue weighted by molar-refractivity contribution is 6.39.